The molecule has 0 aliphatic carbocycles. The molecule has 4 nitrogen and oxygen atoms in total. The van der Waals surface area contributed by atoms with Gasteiger partial charge in [0.25, 0.3) is 0 Å². The van der Waals surface area contributed by atoms with Gasteiger partial charge in [-0.2, -0.15) is 0 Å². The fraction of sp³-hybridized carbons (Fsp3) is 0.471. The molecule has 0 spiro atoms. The minimum atomic E-state index is 0.426. The fourth-order valence-electron chi connectivity index (χ4n) is 1.65. The summed E-state index contributed by atoms with van der Waals surface area (Å²) in [6.07, 6.45) is 1.04. The molecule has 0 atom stereocenters. The smallest absolute Gasteiger partial charge is 0.189 e. The maximum absolute atomic E-state index is 5.83. The number of para-hydroxylation sites is 1. The van der Waals surface area contributed by atoms with Crippen LogP contribution >= 0.6 is 0 Å². The van der Waals surface area contributed by atoms with Gasteiger partial charge in [-0.05, 0) is 25.3 Å². The molecule has 4 heteroatoms. The molecular formula is C17H27N3O. The van der Waals surface area contributed by atoms with Gasteiger partial charge in [0.2, 0.25) is 0 Å². The number of benzene rings is 1. The number of hydrogen-bond donors (Lipinski definition) is 2. The Kier molecular flexibility index (Phi) is 7.37. The van der Waals surface area contributed by atoms with Crippen LogP contribution in [0.1, 0.15) is 32.8 Å². The van der Waals surface area contributed by atoms with Crippen molar-refractivity contribution in [2.45, 2.75) is 33.7 Å². The zero-order chi connectivity index (χ0) is 15.7. The molecule has 0 bridgehead atoms. The molecule has 1 aromatic rings. The average Bonchev–Trinajstić information content (AvgIpc) is 2.43. The molecule has 0 aliphatic heterocycles. The molecule has 0 unspecified atom stereocenters. The summed E-state index contributed by atoms with van der Waals surface area (Å²) in [7, 11) is 0. The molecule has 116 valence electrons. The van der Waals surface area contributed by atoms with E-state index in [0.717, 1.165) is 29.9 Å². The maximum Gasteiger partial charge on any atom is 0.189 e. The highest BCUT2D eigenvalue weighted by Crippen LogP contribution is 2.19. The second-order valence-electron chi connectivity index (χ2n) is 5.65. The van der Waals surface area contributed by atoms with Crippen LogP contribution in [0.15, 0.2) is 41.4 Å². The first kappa shape index (κ1) is 17.1. The Morgan fingerprint density at radius 1 is 1.38 bits per heavy atom. The van der Waals surface area contributed by atoms with Crippen LogP contribution in [0, 0.1) is 5.92 Å². The Hall–Kier alpha value is -1.97. The lowest BCUT2D eigenvalue weighted by Gasteiger charge is -2.12. The average molecular weight is 289 g/mol. The standard InChI is InChI=1S/C17H27N3O/c1-13(2)9-10-21-16-8-6-5-7-15(16)12-20-17(18)19-11-14(3)4/h5-8,13H,3,9-12H2,1-2,4H3,(H3,18,19,20). The fourth-order valence-corrected chi connectivity index (χ4v) is 1.65. The third-order valence-electron chi connectivity index (χ3n) is 2.92. The summed E-state index contributed by atoms with van der Waals surface area (Å²) in [6.45, 7) is 12.0. The van der Waals surface area contributed by atoms with Crippen molar-refractivity contribution in [3.8, 4) is 5.75 Å². The summed E-state index contributed by atoms with van der Waals surface area (Å²) in [5.41, 5.74) is 7.88. The van der Waals surface area contributed by atoms with Crippen LogP contribution in [0.3, 0.4) is 0 Å². The van der Waals surface area contributed by atoms with E-state index >= 15 is 0 Å². The number of hydrogen-bond acceptors (Lipinski definition) is 2. The van der Waals surface area contributed by atoms with Crippen molar-refractivity contribution in [3.05, 3.63) is 42.0 Å². The van der Waals surface area contributed by atoms with Crippen molar-refractivity contribution >= 4 is 5.96 Å². The second-order valence-corrected chi connectivity index (χ2v) is 5.65. The number of nitrogens with zero attached hydrogens (tertiary/aromatic N) is 1. The highest BCUT2D eigenvalue weighted by atomic mass is 16.5. The highest BCUT2D eigenvalue weighted by Gasteiger charge is 2.03. The zero-order valence-electron chi connectivity index (χ0n) is 13.4. The van der Waals surface area contributed by atoms with Crippen LogP contribution in [0.5, 0.6) is 5.75 Å². The Morgan fingerprint density at radius 3 is 2.76 bits per heavy atom. The van der Waals surface area contributed by atoms with Gasteiger partial charge in [-0.1, -0.05) is 44.2 Å². The van der Waals surface area contributed by atoms with Crippen molar-refractivity contribution in [3.63, 3.8) is 0 Å². The number of rotatable bonds is 8. The highest BCUT2D eigenvalue weighted by molar-refractivity contribution is 5.78. The minimum absolute atomic E-state index is 0.426. The lowest BCUT2D eigenvalue weighted by molar-refractivity contribution is 0.287. The molecule has 0 saturated heterocycles. The van der Waals surface area contributed by atoms with Gasteiger partial charge in [0, 0.05) is 12.1 Å². The van der Waals surface area contributed by atoms with Gasteiger partial charge in [-0.25, -0.2) is 4.99 Å². The van der Waals surface area contributed by atoms with Crippen molar-refractivity contribution in [2.24, 2.45) is 16.6 Å². The monoisotopic (exact) mass is 289 g/mol. The molecule has 0 fully saturated rings. The van der Waals surface area contributed by atoms with E-state index in [1.807, 2.05) is 31.2 Å². The van der Waals surface area contributed by atoms with Crippen molar-refractivity contribution in [2.75, 3.05) is 13.2 Å². The van der Waals surface area contributed by atoms with E-state index in [4.69, 9.17) is 10.5 Å². The second kappa shape index (κ2) is 9.06. The van der Waals surface area contributed by atoms with Crippen molar-refractivity contribution < 1.29 is 4.74 Å². The number of ether oxygens (including phenoxy) is 1. The Labute approximate surface area is 128 Å². The lowest BCUT2D eigenvalue weighted by Crippen LogP contribution is -2.32. The Morgan fingerprint density at radius 2 is 2.10 bits per heavy atom. The van der Waals surface area contributed by atoms with E-state index < -0.39 is 0 Å². The van der Waals surface area contributed by atoms with E-state index in [2.05, 4.69) is 30.7 Å². The molecule has 21 heavy (non-hydrogen) atoms. The van der Waals surface area contributed by atoms with E-state index in [1.54, 1.807) is 0 Å². The molecule has 0 radical (unpaired) electrons. The molecule has 1 aromatic carbocycles. The van der Waals surface area contributed by atoms with Gasteiger partial charge in [0.05, 0.1) is 13.2 Å². The van der Waals surface area contributed by atoms with Gasteiger partial charge in [-0.15, -0.1) is 0 Å². The number of aliphatic imine (C=N–C) groups is 1. The number of guanidine groups is 1. The van der Waals surface area contributed by atoms with Gasteiger partial charge in [0.15, 0.2) is 5.96 Å². The van der Waals surface area contributed by atoms with Crippen molar-refractivity contribution in [1.82, 2.24) is 5.32 Å². The summed E-state index contributed by atoms with van der Waals surface area (Å²) in [5, 5.41) is 3.02. The summed E-state index contributed by atoms with van der Waals surface area (Å²) >= 11 is 0. The molecule has 0 saturated carbocycles. The quantitative estimate of drug-likeness (QED) is 0.439. The van der Waals surface area contributed by atoms with Crippen LogP contribution in [0.2, 0.25) is 0 Å². The third kappa shape index (κ3) is 7.40. The largest absolute Gasteiger partial charge is 0.493 e. The summed E-state index contributed by atoms with van der Waals surface area (Å²) in [5.74, 6) is 1.95. The first-order valence-corrected chi connectivity index (χ1v) is 7.38. The normalized spacial score (nSPS) is 11.5. The molecular weight excluding hydrogens is 262 g/mol. The van der Waals surface area contributed by atoms with Crippen molar-refractivity contribution in [1.29, 1.82) is 0 Å². The molecule has 0 heterocycles. The molecule has 0 amide bonds. The third-order valence-corrected chi connectivity index (χ3v) is 2.92. The van der Waals surface area contributed by atoms with E-state index in [-0.39, 0.29) is 0 Å². The summed E-state index contributed by atoms with van der Waals surface area (Å²) in [6, 6.07) is 7.95. The summed E-state index contributed by atoms with van der Waals surface area (Å²) < 4.78 is 5.83. The van der Waals surface area contributed by atoms with Crippen LogP contribution in [-0.2, 0) is 6.54 Å². The summed E-state index contributed by atoms with van der Waals surface area (Å²) in [4.78, 5) is 4.33. The van der Waals surface area contributed by atoms with Gasteiger partial charge >= 0.3 is 0 Å². The number of nitrogens with one attached hydrogen (secondary N) is 1. The lowest BCUT2D eigenvalue weighted by atomic mass is 10.1. The van der Waals surface area contributed by atoms with Crippen LogP contribution in [0.4, 0.5) is 0 Å². The Balaban J connectivity index is 2.57. The maximum atomic E-state index is 5.83. The van der Waals surface area contributed by atoms with Gasteiger partial charge in [0.1, 0.15) is 5.75 Å². The Bertz CT molecular complexity index is 481. The number of nitrogens with two attached hydrogens (primary N) is 1. The molecule has 1 rings (SSSR count). The topological polar surface area (TPSA) is 59.6 Å². The predicted octanol–water partition coefficient (Wildman–Crippen LogP) is 3.09. The SMILES string of the molecule is C=C(C)CNC(N)=NCc1ccccc1OCCC(C)C. The first-order chi connectivity index (χ1) is 9.99. The van der Waals surface area contributed by atoms with E-state index in [1.165, 1.54) is 0 Å². The first-order valence-electron chi connectivity index (χ1n) is 7.38. The zero-order valence-corrected chi connectivity index (χ0v) is 13.4. The van der Waals surface area contributed by atoms with E-state index in [0.29, 0.717) is 25.0 Å². The van der Waals surface area contributed by atoms with Crippen LogP contribution in [-0.4, -0.2) is 19.1 Å². The predicted molar refractivity (Wildman–Crippen MR) is 89.5 cm³/mol. The van der Waals surface area contributed by atoms with Crippen LogP contribution < -0.4 is 15.8 Å². The minimum Gasteiger partial charge on any atom is -0.493 e. The molecule has 0 aliphatic rings. The van der Waals surface area contributed by atoms with E-state index in [9.17, 15) is 0 Å². The van der Waals surface area contributed by atoms with Gasteiger partial charge < -0.3 is 15.8 Å². The molecule has 0 aromatic heterocycles. The van der Waals surface area contributed by atoms with Crippen LogP contribution in [0.25, 0.3) is 0 Å². The van der Waals surface area contributed by atoms with Gasteiger partial charge in [-0.3, -0.25) is 0 Å². The molecule has 3 N–H and O–H groups in total.